The fourth-order valence-electron chi connectivity index (χ4n) is 2.92. The van der Waals surface area contributed by atoms with Crippen molar-refractivity contribution in [1.82, 2.24) is 4.98 Å². The molecule has 0 aliphatic heterocycles. The maximum absolute atomic E-state index is 12.5. The molecule has 0 bridgehead atoms. The Morgan fingerprint density at radius 2 is 1.96 bits per heavy atom. The summed E-state index contributed by atoms with van der Waals surface area (Å²) in [6.45, 7) is 1.89. The van der Waals surface area contributed by atoms with Crippen molar-refractivity contribution in [2.24, 2.45) is 0 Å². The molecule has 2 aromatic carbocycles. The van der Waals surface area contributed by atoms with Crippen molar-refractivity contribution in [1.29, 1.82) is 0 Å². The summed E-state index contributed by atoms with van der Waals surface area (Å²) in [5.74, 6) is -0.499. The van der Waals surface area contributed by atoms with Crippen molar-refractivity contribution < 1.29 is 13.9 Å². The maximum Gasteiger partial charge on any atom is 0.356 e. The summed E-state index contributed by atoms with van der Waals surface area (Å²) in [6.07, 6.45) is 0. The number of aromatic amines is 1. The lowest BCUT2D eigenvalue weighted by Gasteiger charge is -2.07. The molecule has 2 aromatic heterocycles. The van der Waals surface area contributed by atoms with Gasteiger partial charge in [0.05, 0.1) is 4.47 Å². The number of para-hydroxylation sites is 1. The van der Waals surface area contributed by atoms with Gasteiger partial charge in [-0.3, -0.25) is 0 Å². The first-order valence-corrected chi connectivity index (χ1v) is 8.79. The van der Waals surface area contributed by atoms with Crippen LogP contribution in [0, 0.1) is 6.92 Å². The minimum Gasteiger partial charge on any atom is -0.456 e. The van der Waals surface area contributed by atoms with E-state index in [2.05, 4.69) is 20.9 Å². The molecule has 0 atom stereocenters. The molecule has 5 nitrogen and oxygen atoms in total. The molecule has 2 heterocycles. The zero-order valence-electron chi connectivity index (χ0n) is 13.8. The van der Waals surface area contributed by atoms with Gasteiger partial charge in [-0.15, -0.1) is 0 Å². The van der Waals surface area contributed by atoms with Crippen LogP contribution in [0.5, 0.6) is 0 Å². The standard InChI is InChI=1S/C20H14BrNO4/c1-11-6-7-13-12(9-17(23)26-16(13)8-11)10-25-20(24)19-18(21)14-4-2-3-5-15(14)22-19/h2-9,22H,10H2,1H3. The Labute approximate surface area is 156 Å². The average molecular weight is 412 g/mol. The van der Waals surface area contributed by atoms with E-state index in [1.165, 1.54) is 6.07 Å². The SMILES string of the molecule is Cc1ccc2c(COC(=O)c3[nH]c4ccccc4c3Br)cc(=O)oc2c1. The molecule has 4 aromatic rings. The molecule has 130 valence electrons. The Balaban J connectivity index is 1.64. The van der Waals surface area contributed by atoms with Crippen LogP contribution in [0.4, 0.5) is 0 Å². The van der Waals surface area contributed by atoms with Crippen molar-refractivity contribution in [2.75, 3.05) is 0 Å². The molecule has 0 fully saturated rings. The third kappa shape index (κ3) is 2.93. The Morgan fingerprint density at radius 3 is 2.77 bits per heavy atom. The third-order valence-electron chi connectivity index (χ3n) is 4.19. The number of hydrogen-bond donors (Lipinski definition) is 1. The highest BCUT2D eigenvalue weighted by Crippen LogP contribution is 2.28. The van der Waals surface area contributed by atoms with Gasteiger partial charge in [0.2, 0.25) is 0 Å². The van der Waals surface area contributed by atoms with Gasteiger partial charge in [-0.05, 0) is 40.5 Å². The molecule has 0 radical (unpaired) electrons. The molecule has 1 N–H and O–H groups in total. The van der Waals surface area contributed by atoms with Gasteiger partial charge >= 0.3 is 11.6 Å². The summed E-state index contributed by atoms with van der Waals surface area (Å²) in [4.78, 5) is 27.3. The first-order chi connectivity index (χ1) is 12.5. The van der Waals surface area contributed by atoms with Gasteiger partial charge in [0, 0.05) is 27.9 Å². The second-order valence-corrected chi connectivity index (χ2v) is 6.82. The van der Waals surface area contributed by atoms with Crippen LogP contribution in [0.1, 0.15) is 21.6 Å². The topological polar surface area (TPSA) is 72.3 Å². The van der Waals surface area contributed by atoms with Gasteiger partial charge in [-0.2, -0.15) is 0 Å². The number of fused-ring (bicyclic) bond motifs is 2. The van der Waals surface area contributed by atoms with E-state index in [4.69, 9.17) is 9.15 Å². The van der Waals surface area contributed by atoms with Crippen LogP contribution in [0.25, 0.3) is 21.9 Å². The fourth-order valence-corrected chi connectivity index (χ4v) is 3.53. The normalized spacial score (nSPS) is 11.2. The smallest absolute Gasteiger partial charge is 0.356 e. The lowest BCUT2D eigenvalue weighted by molar-refractivity contribution is 0.0467. The summed E-state index contributed by atoms with van der Waals surface area (Å²) in [7, 11) is 0. The largest absolute Gasteiger partial charge is 0.456 e. The Hall–Kier alpha value is -2.86. The fraction of sp³-hybridized carbons (Fsp3) is 0.100. The highest BCUT2D eigenvalue weighted by molar-refractivity contribution is 9.10. The van der Waals surface area contributed by atoms with E-state index >= 15 is 0 Å². The predicted octanol–water partition coefficient (Wildman–Crippen LogP) is 4.70. The molecular weight excluding hydrogens is 398 g/mol. The van der Waals surface area contributed by atoms with Crippen LogP contribution in [0.3, 0.4) is 0 Å². The van der Waals surface area contributed by atoms with Gasteiger partial charge in [0.25, 0.3) is 0 Å². The zero-order valence-corrected chi connectivity index (χ0v) is 15.4. The lowest BCUT2D eigenvalue weighted by Crippen LogP contribution is -2.08. The van der Waals surface area contributed by atoms with E-state index in [9.17, 15) is 9.59 Å². The van der Waals surface area contributed by atoms with Crippen molar-refractivity contribution in [2.45, 2.75) is 13.5 Å². The molecule has 26 heavy (non-hydrogen) atoms. The van der Waals surface area contributed by atoms with Crippen LogP contribution < -0.4 is 5.63 Å². The van der Waals surface area contributed by atoms with E-state index in [-0.39, 0.29) is 6.61 Å². The number of hydrogen-bond acceptors (Lipinski definition) is 4. The number of ether oxygens (including phenoxy) is 1. The quantitative estimate of drug-likeness (QED) is 0.391. The average Bonchev–Trinajstić information content (AvgIpc) is 2.96. The number of aryl methyl sites for hydroxylation is 1. The number of esters is 1. The van der Waals surface area contributed by atoms with Crippen LogP contribution in [0.15, 0.2) is 62.2 Å². The molecule has 0 aliphatic carbocycles. The van der Waals surface area contributed by atoms with Gasteiger partial charge < -0.3 is 14.1 Å². The van der Waals surface area contributed by atoms with Crippen molar-refractivity contribution in [3.63, 3.8) is 0 Å². The van der Waals surface area contributed by atoms with Crippen LogP contribution in [-0.4, -0.2) is 11.0 Å². The molecule has 4 rings (SSSR count). The van der Waals surface area contributed by atoms with E-state index in [1.54, 1.807) is 6.07 Å². The minimum absolute atomic E-state index is 0.0220. The molecule has 0 unspecified atom stereocenters. The van der Waals surface area contributed by atoms with E-state index in [0.29, 0.717) is 21.3 Å². The first kappa shape index (κ1) is 16.6. The zero-order chi connectivity index (χ0) is 18.3. The van der Waals surface area contributed by atoms with Crippen LogP contribution >= 0.6 is 15.9 Å². The Morgan fingerprint density at radius 1 is 1.15 bits per heavy atom. The Bertz CT molecular complexity index is 1210. The van der Waals surface area contributed by atoms with Gasteiger partial charge in [-0.25, -0.2) is 9.59 Å². The molecular formula is C20H14BrNO4. The summed E-state index contributed by atoms with van der Waals surface area (Å²) < 4.78 is 11.3. The number of carbonyl (C=O) groups is 1. The molecule has 0 aliphatic rings. The summed E-state index contributed by atoms with van der Waals surface area (Å²) >= 11 is 3.44. The number of halogens is 1. The van der Waals surface area contributed by atoms with Gasteiger partial charge in [-0.1, -0.05) is 30.3 Å². The highest BCUT2D eigenvalue weighted by Gasteiger charge is 2.18. The molecule has 0 saturated carbocycles. The summed E-state index contributed by atoms with van der Waals surface area (Å²) in [6, 6.07) is 14.5. The van der Waals surface area contributed by atoms with Crippen molar-refractivity contribution in [3.8, 4) is 0 Å². The van der Waals surface area contributed by atoms with E-state index < -0.39 is 11.6 Å². The Kier molecular flexibility index (Phi) is 4.12. The molecule has 0 spiro atoms. The summed E-state index contributed by atoms with van der Waals surface area (Å²) in [5.41, 5.74) is 2.78. The number of aromatic nitrogens is 1. The first-order valence-electron chi connectivity index (χ1n) is 7.99. The monoisotopic (exact) mass is 411 g/mol. The number of H-pyrrole nitrogens is 1. The highest BCUT2D eigenvalue weighted by atomic mass is 79.9. The second kappa shape index (κ2) is 6.46. The maximum atomic E-state index is 12.5. The molecule has 0 saturated heterocycles. The number of nitrogens with one attached hydrogen (secondary N) is 1. The molecule has 6 heteroatoms. The van der Waals surface area contributed by atoms with Gasteiger partial charge in [0.15, 0.2) is 0 Å². The lowest BCUT2D eigenvalue weighted by atomic mass is 10.1. The predicted molar refractivity (Wildman–Crippen MR) is 102 cm³/mol. The number of carbonyl (C=O) groups excluding carboxylic acids is 1. The third-order valence-corrected chi connectivity index (χ3v) is 5.01. The number of benzene rings is 2. The summed E-state index contributed by atoms with van der Waals surface area (Å²) in [5, 5.41) is 1.65. The minimum atomic E-state index is -0.499. The van der Waals surface area contributed by atoms with E-state index in [1.807, 2.05) is 43.3 Å². The van der Waals surface area contributed by atoms with Crippen molar-refractivity contribution in [3.05, 3.63) is 80.2 Å². The van der Waals surface area contributed by atoms with Crippen LogP contribution in [-0.2, 0) is 11.3 Å². The van der Waals surface area contributed by atoms with E-state index in [0.717, 1.165) is 21.9 Å². The van der Waals surface area contributed by atoms with Crippen molar-refractivity contribution >= 4 is 43.8 Å². The second-order valence-electron chi connectivity index (χ2n) is 6.03. The molecule has 0 amide bonds. The van der Waals surface area contributed by atoms with Gasteiger partial charge in [0.1, 0.15) is 17.9 Å². The van der Waals surface area contributed by atoms with Crippen LogP contribution in [0.2, 0.25) is 0 Å². The number of rotatable bonds is 3.